The summed E-state index contributed by atoms with van der Waals surface area (Å²) in [6.45, 7) is 10.1. The van der Waals surface area contributed by atoms with Crippen LogP contribution in [0.3, 0.4) is 0 Å². The number of halogens is 3. The van der Waals surface area contributed by atoms with Crippen molar-refractivity contribution in [2.45, 2.75) is 62.8 Å². The minimum absolute atomic E-state index is 0.196. The quantitative estimate of drug-likeness (QED) is 0.750. The standard InChI is InChI=1S/C18H22F3N3O3S2/c1-10-13(16(2,3)4)28-15(23-10)24-14(25)17(5,6)29(26,27)11-7-8-12(22-9-11)18(19,20)21/h7-9H,1-6H3,(H,23,24,25). The largest absolute Gasteiger partial charge is 0.433 e. The summed E-state index contributed by atoms with van der Waals surface area (Å²) < 4.78 is 61.8. The number of aromatic nitrogens is 2. The van der Waals surface area contributed by atoms with Crippen molar-refractivity contribution < 1.29 is 26.4 Å². The molecule has 0 aliphatic carbocycles. The van der Waals surface area contributed by atoms with Crippen molar-refractivity contribution in [3.8, 4) is 0 Å². The van der Waals surface area contributed by atoms with Crippen molar-refractivity contribution in [1.82, 2.24) is 9.97 Å². The van der Waals surface area contributed by atoms with Crippen LogP contribution in [0.4, 0.5) is 18.3 Å². The van der Waals surface area contributed by atoms with Crippen molar-refractivity contribution >= 4 is 32.2 Å². The van der Waals surface area contributed by atoms with E-state index in [2.05, 4.69) is 15.3 Å². The van der Waals surface area contributed by atoms with E-state index in [9.17, 15) is 26.4 Å². The highest BCUT2D eigenvalue weighted by molar-refractivity contribution is 7.93. The monoisotopic (exact) mass is 449 g/mol. The Kier molecular flexibility index (Phi) is 5.90. The van der Waals surface area contributed by atoms with Crippen LogP contribution in [0.5, 0.6) is 0 Å². The molecule has 0 aromatic carbocycles. The molecule has 0 spiro atoms. The lowest BCUT2D eigenvalue weighted by Gasteiger charge is -2.23. The average molecular weight is 450 g/mol. The van der Waals surface area contributed by atoms with Gasteiger partial charge in [0, 0.05) is 11.1 Å². The number of pyridine rings is 1. The van der Waals surface area contributed by atoms with Crippen LogP contribution in [0, 0.1) is 6.92 Å². The predicted molar refractivity (Wildman–Crippen MR) is 105 cm³/mol. The van der Waals surface area contributed by atoms with Gasteiger partial charge >= 0.3 is 6.18 Å². The summed E-state index contributed by atoms with van der Waals surface area (Å²) in [6, 6.07) is 1.37. The third-order valence-corrected chi connectivity index (χ3v) is 8.14. The van der Waals surface area contributed by atoms with Gasteiger partial charge in [-0.1, -0.05) is 20.8 Å². The van der Waals surface area contributed by atoms with E-state index in [1.807, 2.05) is 20.8 Å². The van der Waals surface area contributed by atoms with Crippen molar-refractivity contribution in [1.29, 1.82) is 0 Å². The van der Waals surface area contributed by atoms with Crippen molar-refractivity contribution in [3.05, 3.63) is 34.6 Å². The molecule has 0 unspecified atom stereocenters. The second kappa shape index (κ2) is 7.35. The molecule has 2 aromatic rings. The second-order valence-corrected chi connectivity index (χ2v) is 11.5. The Labute approximate surface area is 171 Å². The van der Waals surface area contributed by atoms with Gasteiger partial charge in [0.05, 0.1) is 10.6 Å². The molecule has 2 rings (SSSR count). The Hall–Kier alpha value is -2.01. The maximum Gasteiger partial charge on any atom is 0.433 e. The summed E-state index contributed by atoms with van der Waals surface area (Å²) in [5.41, 5.74) is -0.685. The van der Waals surface area contributed by atoms with Gasteiger partial charge in [-0.2, -0.15) is 13.2 Å². The number of anilines is 1. The molecule has 1 N–H and O–H groups in total. The Morgan fingerprint density at radius 1 is 1.10 bits per heavy atom. The first-order chi connectivity index (χ1) is 13.0. The van der Waals surface area contributed by atoms with Crippen LogP contribution in [-0.4, -0.2) is 29.0 Å². The summed E-state index contributed by atoms with van der Waals surface area (Å²) >= 11 is 1.25. The first kappa shape index (κ1) is 23.3. The van der Waals surface area contributed by atoms with Crippen LogP contribution < -0.4 is 5.32 Å². The van der Waals surface area contributed by atoms with Gasteiger partial charge in [-0.15, -0.1) is 11.3 Å². The van der Waals surface area contributed by atoms with E-state index in [1.165, 1.54) is 25.2 Å². The van der Waals surface area contributed by atoms with Crippen LogP contribution in [0.15, 0.2) is 23.2 Å². The van der Waals surface area contributed by atoms with Gasteiger partial charge in [-0.05, 0) is 38.3 Å². The summed E-state index contributed by atoms with van der Waals surface area (Å²) in [7, 11) is -4.32. The highest BCUT2D eigenvalue weighted by Gasteiger charge is 2.44. The molecule has 160 valence electrons. The molecule has 0 atom stereocenters. The lowest BCUT2D eigenvalue weighted by molar-refractivity contribution is -0.141. The number of carbonyl (C=O) groups is 1. The van der Waals surface area contributed by atoms with Gasteiger partial charge in [0.25, 0.3) is 0 Å². The molecular formula is C18H22F3N3O3S2. The Morgan fingerprint density at radius 2 is 1.69 bits per heavy atom. The van der Waals surface area contributed by atoms with Gasteiger partial charge in [-0.25, -0.2) is 13.4 Å². The number of nitrogens with one attached hydrogen (secondary N) is 1. The SMILES string of the molecule is Cc1nc(NC(=O)C(C)(C)S(=O)(=O)c2ccc(C(F)(F)F)nc2)sc1C(C)(C)C. The Bertz CT molecular complexity index is 1020. The number of sulfone groups is 1. The highest BCUT2D eigenvalue weighted by Crippen LogP contribution is 2.35. The molecule has 29 heavy (non-hydrogen) atoms. The van der Waals surface area contributed by atoms with Gasteiger partial charge in [-0.3, -0.25) is 9.78 Å². The van der Waals surface area contributed by atoms with Crippen LogP contribution in [0.2, 0.25) is 0 Å². The third kappa shape index (κ3) is 4.61. The first-order valence-corrected chi connectivity index (χ1v) is 10.8. The summed E-state index contributed by atoms with van der Waals surface area (Å²) in [5, 5.41) is 2.77. The number of rotatable bonds is 4. The molecule has 0 radical (unpaired) electrons. The molecule has 2 heterocycles. The second-order valence-electron chi connectivity index (χ2n) is 8.03. The third-order valence-electron chi connectivity index (χ3n) is 4.25. The fourth-order valence-corrected chi connectivity index (χ4v) is 4.86. The molecular weight excluding hydrogens is 427 g/mol. The smallest absolute Gasteiger partial charge is 0.301 e. The van der Waals surface area contributed by atoms with Gasteiger partial charge in [0.1, 0.15) is 10.4 Å². The molecule has 0 aliphatic heterocycles. The maximum atomic E-state index is 12.9. The molecule has 0 aliphatic rings. The average Bonchev–Trinajstić information content (AvgIpc) is 2.94. The van der Waals surface area contributed by atoms with E-state index < -0.39 is 37.3 Å². The lowest BCUT2D eigenvalue weighted by Crippen LogP contribution is -2.44. The number of alkyl halides is 3. The van der Waals surface area contributed by atoms with E-state index in [1.54, 1.807) is 6.92 Å². The van der Waals surface area contributed by atoms with Gasteiger partial charge < -0.3 is 5.32 Å². The highest BCUT2D eigenvalue weighted by atomic mass is 32.2. The van der Waals surface area contributed by atoms with Crippen LogP contribution in [-0.2, 0) is 26.2 Å². The van der Waals surface area contributed by atoms with Crippen LogP contribution in [0.1, 0.15) is 50.9 Å². The van der Waals surface area contributed by atoms with Crippen molar-refractivity contribution in [3.63, 3.8) is 0 Å². The summed E-state index contributed by atoms with van der Waals surface area (Å²) in [5.74, 6) is -0.841. The zero-order valence-electron chi connectivity index (χ0n) is 16.8. The number of carbonyl (C=O) groups excluding carboxylic acids is 1. The normalized spacial score (nSPS) is 13.4. The fourth-order valence-electron chi connectivity index (χ4n) is 2.52. The first-order valence-electron chi connectivity index (χ1n) is 8.55. The van der Waals surface area contributed by atoms with Crippen molar-refractivity contribution in [2.75, 3.05) is 5.32 Å². The maximum absolute atomic E-state index is 12.9. The molecule has 6 nitrogen and oxygen atoms in total. The van der Waals surface area contributed by atoms with Gasteiger partial charge in [0.15, 0.2) is 15.0 Å². The number of amides is 1. The van der Waals surface area contributed by atoms with Crippen LogP contribution >= 0.6 is 11.3 Å². The minimum Gasteiger partial charge on any atom is -0.301 e. The predicted octanol–water partition coefficient (Wildman–Crippen LogP) is 4.35. The molecule has 0 saturated heterocycles. The minimum atomic E-state index is -4.69. The topological polar surface area (TPSA) is 89.0 Å². The molecule has 11 heteroatoms. The lowest BCUT2D eigenvalue weighted by atomic mass is 9.94. The molecule has 0 bridgehead atoms. The van der Waals surface area contributed by atoms with Crippen molar-refractivity contribution in [2.24, 2.45) is 0 Å². The van der Waals surface area contributed by atoms with E-state index in [-0.39, 0.29) is 10.5 Å². The number of hydrogen-bond donors (Lipinski definition) is 1. The van der Waals surface area contributed by atoms with E-state index in [0.29, 0.717) is 12.3 Å². The van der Waals surface area contributed by atoms with E-state index in [0.717, 1.165) is 16.6 Å². The number of aryl methyl sites for hydroxylation is 1. The Balaban J connectivity index is 2.32. The molecule has 2 aromatic heterocycles. The van der Waals surface area contributed by atoms with Crippen LogP contribution in [0.25, 0.3) is 0 Å². The zero-order chi connectivity index (χ0) is 22.4. The summed E-state index contributed by atoms with van der Waals surface area (Å²) in [6.07, 6.45) is -4.08. The number of hydrogen-bond acceptors (Lipinski definition) is 6. The fraction of sp³-hybridized carbons (Fsp3) is 0.500. The Morgan fingerprint density at radius 3 is 2.10 bits per heavy atom. The molecule has 0 fully saturated rings. The zero-order valence-corrected chi connectivity index (χ0v) is 18.4. The molecule has 1 amide bonds. The number of thiazole rings is 1. The van der Waals surface area contributed by atoms with E-state index in [4.69, 9.17) is 0 Å². The molecule has 0 saturated carbocycles. The summed E-state index contributed by atoms with van der Waals surface area (Å²) in [4.78, 5) is 20.6. The van der Waals surface area contributed by atoms with E-state index >= 15 is 0 Å². The number of nitrogens with zero attached hydrogens (tertiary/aromatic N) is 2. The van der Waals surface area contributed by atoms with Gasteiger partial charge in [0.2, 0.25) is 5.91 Å².